The highest BCUT2D eigenvalue weighted by Gasteiger charge is 2.21. The van der Waals surface area contributed by atoms with Gasteiger partial charge >= 0.3 is 0 Å². The fourth-order valence-electron chi connectivity index (χ4n) is 2.90. The van der Waals surface area contributed by atoms with Gasteiger partial charge in [-0.25, -0.2) is 0 Å². The van der Waals surface area contributed by atoms with Crippen molar-refractivity contribution in [1.29, 1.82) is 0 Å². The topological polar surface area (TPSA) is 38.3 Å². The third-order valence-electron chi connectivity index (χ3n) is 4.53. The Morgan fingerprint density at radius 1 is 0.778 bits per heavy atom. The summed E-state index contributed by atoms with van der Waals surface area (Å²) in [5.74, 6) is 0.542. The molecule has 1 amide bonds. The highest BCUT2D eigenvalue weighted by molar-refractivity contribution is 5.81. The number of aryl methyl sites for hydroxylation is 2. The second kappa shape index (κ2) is 8.54. The van der Waals surface area contributed by atoms with Crippen molar-refractivity contribution in [1.82, 2.24) is 5.32 Å². The van der Waals surface area contributed by atoms with Gasteiger partial charge in [0, 0.05) is 0 Å². The summed E-state index contributed by atoms with van der Waals surface area (Å²) < 4.78 is 5.81. The van der Waals surface area contributed by atoms with E-state index in [1.807, 2.05) is 61.5 Å². The van der Waals surface area contributed by atoms with Crippen molar-refractivity contribution < 1.29 is 9.53 Å². The van der Waals surface area contributed by atoms with Gasteiger partial charge in [0.05, 0.1) is 6.04 Å². The number of ether oxygens (including phenoxy) is 1. The lowest BCUT2D eigenvalue weighted by Gasteiger charge is -2.23. The monoisotopic (exact) mass is 359 g/mol. The van der Waals surface area contributed by atoms with Crippen LogP contribution >= 0.6 is 0 Å². The van der Waals surface area contributed by atoms with E-state index in [1.165, 1.54) is 5.56 Å². The van der Waals surface area contributed by atoms with Crippen LogP contribution in [0.3, 0.4) is 0 Å². The summed E-state index contributed by atoms with van der Waals surface area (Å²) in [4.78, 5) is 12.8. The highest BCUT2D eigenvalue weighted by atomic mass is 16.5. The largest absolute Gasteiger partial charge is 0.481 e. The molecule has 3 aromatic rings. The van der Waals surface area contributed by atoms with Crippen molar-refractivity contribution in [2.24, 2.45) is 0 Å². The normalized spacial score (nSPS) is 12.9. The minimum absolute atomic E-state index is 0.148. The molecule has 0 radical (unpaired) electrons. The Labute approximate surface area is 161 Å². The second-order valence-corrected chi connectivity index (χ2v) is 6.84. The van der Waals surface area contributed by atoms with Crippen LogP contribution in [0.25, 0.3) is 0 Å². The molecule has 0 aliphatic rings. The molecule has 1 N–H and O–H groups in total. The molecule has 3 aromatic carbocycles. The van der Waals surface area contributed by atoms with E-state index < -0.39 is 6.10 Å². The summed E-state index contributed by atoms with van der Waals surface area (Å²) in [6.07, 6.45) is -0.593. The number of nitrogens with one attached hydrogen (secondary N) is 1. The SMILES string of the molecule is Cc1ccc(OC(C)C(=O)NC(c2ccccc2)c2ccc(C)cc2)cc1. The molecule has 0 saturated carbocycles. The zero-order chi connectivity index (χ0) is 19.2. The lowest BCUT2D eigenvalue weighted by atomic mass is 9.97. The van der Waals surface area contributed by atoms with Crippen LogP contribution in [0.15, 0.2) is 78.9 Å². The van der Waals surface area contributed by atoms with Gasteiger partial charge in [-0.15, -0.1) is 0 Å². The van der Waals surface area contributed by atoms with Gasteiger partial charge in [-0.1, -0.05) is 77.9 Å². The number of carbonyl (C=O) groups excluding carboxylic acids is 1. The number of amides is 1. The van der Waals surface area contributed by atoms with Crippen LogP contribution in [-0.2, 0) is 4.79 Å². The number of benzene rings is 3. The molecule has 2 atom stereocenters. The van der Waals surface area contributed by atoms with Crippen LogP contribution in [-0.4, -0.2) is 12.0 Å². The minimum Gasteiger partial charge on any atom is -0.481 e. The van der Waals surface area contributed by atoms with Crippen LogP contribution in [0.5, 0.6) is 5.75 Å². The summed E-state index contributed by atoms with van der Waals surface area (Å²) in [5, 5.41) is 3.14. The van der Waals surface area contributed by atoms with Gasteiger partial charge in [-0.05, 0) is 44.0 Å². The molecule has 3 nitrogen and oxygen atoms in total. The first-order valence-corrected chi connectivity index (χ1v) is 9.18. The summed E-state index contributed by atoms with van der Waals surface area (Å²) in [6.45, 7) is 5.84. The molecule has 0 spiro atoms. The Morgan fingerprint density at radius 3 is 1.89 bits per heavy atom. The third kappa shape index (κ3) is 4.98. The van der Waals surface area contributed by atoms with Crippen molar-refractivity contribution in [3.05, 3.63) is 101 Å². The number of carbonyl (C=O) groups is 1. The number of hydrogen-bond acceptors (Lipinski definition) is 2. The molecule has 0 heterocycles. The van der Waals surface area contributed by atoms with Gasteiger partial charge in [0.15, 0.2) is 6.10 Å². The maximum atomic E-state index is 12.8. The summed E-state index contributed by atoms with van der Waals surface area (Å²) in [5.41, 5.74) is 4.43. The predicted octanol–water partition coefficient (Wildman–Crippen LogP) is 4.98. The van der Waals surface area contributed by atoms with Gasteiger partial charge in [0.1, 0.15) is 5.75 Å². The minimum atomic E-state index is -0.593. The Balaban J connectivity index is 1.77. The van der Waals surface area contributed by atoms with Gasteiger partial charge in [-0.2, -0.15) is 0 Å². The predicted molar refractivity (Wildman–Crippen MR) is 109 cm³/mol. The third-order valence-corrected chi connectivity index (χ3v) is 4.53. The first-order valence-electron chi connectivity index (χ1n) is 9.18. The first-order chi connectivity index (χ1) is 13.0. The summed E-state index contributed by atoms with van der Waals surface area (Å²) in [6, 6.07) is 25.7. The smallest absolute Gasteiger partial charge is 0.261 e. The van der Waals surface area contributed by atoms with Gasteiger partial charge in [-0.3, -0.25) is 4.79 Å². The molecular formula is C24H25NO2. The quantitative estimate of drug-likeness (QED) is 0.674. The highest BCUT2D eigenvalue weighted by Crippen LogP contribution is 2.23. The van der Waals surface area contributed by atoms with E-state index in [9.17, 15) is 4.79 Å². The van der Waals surface area contributed by atoms with Crippen molar-refractivity contribution >= 4 is 5.91 Å². The molecule has 138 valence electrons. The summed E-state index contributed by atoms with van der Waals surface area (Å²) in [7, 11) is 0. The van der Waals surface area contributed by atoms with Gasteiger partial charge < -0.3 is 10.1 Å². The molecule has 0 bridgehead atoms. The number of hydrogen-bond donors (Lipinski definition) is 1. The van der Waals surface area contributed by atoms with E-state index in [0.29, 0.717) is 5.75 Å². The maximum Gasteiger partial charge on any atom is 0.261 e. The van der Waals surface area contributed by atoms with Crippen molar-refractivity contribution in [2.75, 3.05) is 0 Å². The van der Waals surface area contributed by atoms with E-state index in [2.05, 4.69) is 36.5 Å². The van der Waals surface area contributed by atoms with Crippen molar-refractivity contribution in [3.8, 4) is 5.75 Å². The lowest BCUT2D eigenvalue weighted by molar-refractivity contribution is -0.127. The van der Waals surface area contributed by atoms with Crippen LogP contribution < -0.4 is 10.1 Å². The Hall–Kier alpha value is -3.07. The van der Waals surface area contributed by atoms with Gasteiger partial charge in [0.2, 0.25) is 0 Å². The van der Waals surface area contributed by atoms with E-state index >= 15 is 0 Å². The Bertz CT molecular complexity index is 871. The maximum absolute atomic E-state index is 12.8. The fraction of sp³-hybridized carbons (Fsp3) is 0.208. The lowest BCUT2D eigenvalue weighted by Crippen LogP contribution is -2.39. The van der Waals surface area contributed by atoms with Crippen LogP contribution in [0.4, 0.5) is 0 Å². The molecule has 0 aromatic heterocycles. The first kappa shape index (κ1) is 18.7. The average Bonchev–Trinajstić information content (AvgIpc) is 2.69. The van der Waals surface area contributed by atoms with Crippen molar-refractivity contribution in [3.63, 3.8) is 0 Å². The van der Waals surface area contributed by atoms with E-state index in [0.717, 1.165) is 16.7 Å². The Morgan fingerprint density at radius 2 is 1.30 bits per heavy atom. The summed E-state index contributed by atoms with van der Waals surface area (Å²) >= 11 is 0. The molecule has 0 aliphatic heterocycles. The molecule has 27 heavy (non-hydrogen) atoms. The van der Waals surface area contributed by atoms with Gasteiger partial charge in [0.25, 0.3) is 5.91 Å². The average molecular weight is 359 g/mol. The van der Waals surface area contributed by atoms with E-state index in [4.69, 9.17) is 4.74 Å². The van der Waals surface area contributed by atoms with E-state index in [1.54, 1.807) is 6.92 Å². The molecule has 0 fully saturated rings. The van der Waals surface area contributed by atoms with Crippen LogP contribution in [0, 0.1) is 13.8 Å². The molecule has 3 heteroatoms. The van der Waals surface area contributed by atoms with E-state index in [-0.39, 0.29) is 11.9 Å². The molecule has 3 rings (SSSR count). The molecule has 0 aliphatic carbocycles. The molecular weight excluding hydrogens is 334 g/mol. The zero-order valence-corrected chi connectivity index (χ0v) is 16.0. The molecule has 0 saturated heterocycles. The standard InChI is InChI=1S/C24H25NO2/c1-17-9-13-21(14-10-17)23(20-7-5-4-6-8-20)25-24(26)19(3)27-22-15-11-18(2)12-16-22/h4-16,19,23H,1-3H3,(H,25,26). The number of rotatable bonds is 6. The van der Waals surface area contributed by atoms with Crippen LogP contribution in [0.2, 0.25) is 0 Å². The Kier molecular flexibility index (Phi) is 5.92. The second-order valence-electron chi connectivity index (χ2n) is 6.84. The zero-order valence-electron chi connectivity index (χ0n) is 16.0. The fourth-order valence-corrected chi connectivity index (χ4v) is 2.90. The van der Waals surface area contributed by atoms with Crippen molar-refractivity contribution in [2.45, 2.75) is 32.9 Å². The van der Waals surface area contributed by atoms with Crippen LogP contribution in [0.1, 0.15) is 35.2 Å². The molecule has 2 unspecified atom stereocenters.